The molecule has 122 valence electrons. The predicted octanol–water partition coefficient (Wildman–Crippen LogP) is 2.92. The maximum absolute atomic E-state index is 9.90. The van der Waals surface area contributed by atoms with E-state index in [0.717, 1.165) is 43.8 Å². The van der Waals surface area contributed by atoms with Crippen molar-refractivity contribution in [2.75, 3.05) is 19.7 Å². The van der Waals surface area contributed by atoms with Crippen LogP contribution in [0, 0.1) is 5.92 Å². The fourth-order valence-electron chi connectivity index (χ4n) is 5.25. The maximum Gasteiger partial charge on any atom is 0.0613 e. The van der Waals surface area contributed by atoms with Gasteiger partial charge < -0.3 is 10.4 Å². The van der Waals surface area contributed by atoms with E-state index in [1.165, 1.54) is 51.5 Å². The smallest absolute Gasteiger partial charge is 0.0613 e. The first-order chi connectivity index (χ1) is 10.3. The molecule has 3 unspecified atom stereocenters. The molecule has 0 aromatic carbocycles. The van der Waals surface area contributed by atoms with Gasteiger partial charge in [0.25, 0.3) is 0 Å². The van der Waals surface area contributed by atoms with Crippen molar-refractivity contribution in [1.82, 2.24) is 10.2 Å². The predicted molar refractivity (Wildman–Crippen MR) is 87.4 cm³/mol. The third-order valence-corrected chi connectivity index (χ3v) is 6.39. The molecule has 1 aliphatic heterocycles. The second-order valence-electron chi connectivity index (χ2n) is 7.75. The fraction of sp³-hybridized carbons (Fsp3) is 1.00. The summed E-state index contributed by atoms with van der Waals surface area (Å²) in [7, 11) is 0. The van der Waals surface area contributed by atoms with Crippen LogP contribution in [0.4, 0.5) is 0 Å². The van der Waals surface area contributed by atoms with Gasteiger partial charge in [0.05, 0.1) is 6.61 Å². The summed E-state index contributed by atoms with van der Waals surface area (Å²) in [6.45, 7) is 4.87. The molecule has 0 bridgehead atoms. The fourth-order valence-corrected chi connectivity index (χ4v) is 5.25. The van der Waals surface area contributed by atoms with E-state index < -0.39 is 0 Å². The summed E-state index contributed by atoms with van der Waals surface area (Å²) in [4.78, 5) is 2.85. The average molecular weight is 294 g/mol. The van der Waals surface area contributed by atoms with Crippen LogP contribution in [0.2, 0.25) is 0 Å². The van der Waals surface area contributed by atoms with Crippen molar-refractivity contribution in [3.63, 3.8) is 0 Å². The molecule has 0 spiro atoms. The molecule has 3 rings (SSSR count). The first-order valence-corrected chi connectivity index (χ1v) is 9.39. The Bertz CT molecular complexity index is 329. The molecule has 3 nitrogen and oxygen atoms in total. The summed E-state index contributed by atoms with van der Waals surface area (Å²) < 4.78 is 0. The highest BCUT2D eigenvalue weighted by Gasteiger charge is 2.44. The molecule has 3 atom stereocenters. The number of aliphatic hydroxyl groups is 1. The van der Waals surface area contributed by atoms with Gasteiger partial charge in [-0.2, -0.15) is 0 Å². The SMILES string of the molecule is CCCNC1(CO)CCC(N2CCCC2C2CCCC2)C1. The van der Waals surface area contributed by atoms with Gasteiger partial charge in [0.2, 0.25) is 0 Å². The lowest BCUT2D eigenvalue weighted by molar-refractivity contribution is 0.115. The molecule has 21 heavy (non-hydrogen) atoms. The standard InChI is InChI=1S/C18H34N2O/c1-2-11-19-18(14-21)10-9-16(13-18)20-12-5-8-17(20)15-6-3-4-7-15/h15-17,19,21H,2-14H2,1H3. The number of aliphatic hydroxyl groups excluding tert-OH is 1. The van der Waals surface area contributed by atoms with Gasteiger partial charge >= 0.3 is 0 Å². The monoisotopic (exact) mass is 294 g/mol. The van der Waals surface area contributed by atoms with Crippen molar-refractivity contribution >= 4 is 0 Å². The maximum atomic E-state index is 9.90. The largest absolute Gasteiger partial charge is 0.394 e. The summed E-state index contributed by atoms with van der Waals surface area (Å²) in [5.41, 5.74) is 0.0174. The molecular formula is C18H34N2O. The molecule has 1 saturated heterocycles. The number of hydrogen-bond donors (Lipinski definition) is 2. The van der Waals surface area contributed by atoms with E-state index in [-0.39, 0.29) is 5.54 Å². The van der Waals surface area contributed by atoms with Crippen LogP contribution < -0.4 is 5.32 Å². The van der Waals surface area contributed by atoms with E-state index in [9.17, 15) is 5.11 Å². The first kappa shape index (κ1) is 15.8. The average Bonchev–Trinajstić information content (AvgIpc) is 3.23. The van der Waals surface area contributed by atoms with Crippen molar-refractivity contribution in [2.45, 2.75) is 88.8 Å². The Hall–Kier alpha value is -0.120. The molecule has 2 saturated carbocycles. The Kier molecular flexibility index (Phi) is 5.23. The summed E-state index contributed by atoms with van der Waals surface area (Å²) in [5.74, 6) is 0.972. The highest BCUT2D eigenvalue weighted by molar-refractivity contribution is 5.02. The Balaban J connectivity index is 1.61. The number of likely N-dealkylation sites (tertiary alicyclic amines) is 1. The van der Waals surface area contributed by atoms with Gasteiger partial charge in [-0.15, -0.1) is 0 Å². The molecule has 3 heteroatoms. The van der Waals surface area contributed by atoms with Crippen molar-refractivity contribution in [1.29, 1.82) is 0 Å². The third kappa shape index (κ3) is 3.30. The molecular weight excluding hydrogens is 260 g/mol. The first-order valence-electron chi connectivity index (χ1n) is 9.39. The number of hydrogen-bond acceptors (Lipinski definition) is 3. The highest BCUT2D eigenvalue weighted by atomic mass is 16.3. The van der Waals surface area contributed by atoms with E-state index >= 15 is 0 Å². The molecule has 0 aromatic heterocycles. The lowest BCUT2D eigenvalue weighted by Gasteiger charge is -2.36. The molecule has 0 aromatic rings. The van der Waals surface area contributed by atoms with Gasteiger partial charge in [0.1, 0.15) is 0 Å². The molecule has 2 N–H and O–H groups in total. The van der Waals surface area contributed by atoms with E-state index in [0.29, 0.717) is 6.61 Å². The number of nitrogens with one attached hydrogen (secondary N) is 1. The summed E-state index contributed by atoms with van der Waals surface area (Å²) in [5, 5.41) is 13.6. The molecule has 3 aliphatic rings. The van der Waals surface area contributed by atoms with E-state index in [4.69, 9.17) is 0 Å². The minimum atomic E-state index is 0.0174. The molecule has 1 heterocycles. The Morgan fingerprint density at radius 3 is 2.67 bits per heavy atom. The van der Waals surface area contributed by atoms with Crippen LogP contribution in [0.1, 0.15) is 71.1 Å². The van der Waals surface area contributed by atoms with Gasteiger partial charge in [-0.05, 0) is 70.4 Å². The zero-order chi connectivity index (χ0) is 14.7. The summed E-state index contributed by atoms with van der Waals surface area (Å²) in [6.07, 6.45) is 13.4. The number of nitrogens with zero attached hydrogens (tertiary/aromatic N) is 1. The molecule has 0 amide bonds. The van der Waals surface area contributed by atoms with Gasteiger partial charge in [-0.1, -0.05) is 19.8 Å². The van der Waals surface area contributed by atoms with Crippen LogP contribution in [0.15, 0.2) is 0 Å². The Morgan fingerprint density at radius 2 is 1.95 bits per heavy atom. The van der Waals surface area contributed by atoms with Crippen LogP contribution in [0.3, 0.4) is 0 Å². The van der Waals surface area contributed by atoms with Crippen LogP contribution in [-0.2, 0) is 0 Å². The Labute approximate surface area is 130 Å². The zero-order valence-corrected chi connectivity index (χ0v) is 13.8. The second-order valence-corrected chi connectivity index (χ2v) is 7.75. The van der Waals surface area contributed by atoms with Crippen LogP contribution >= 0.6 is 0 Å². The van der Waals surface area contributed by atoms with Crippen molar-refractivity contribution in [2.24, 2.45) is 5.92 Å². The minimum absolute atomic E-state index is 0.0174. The molecule has 3 fully saturated rings. The minimum Gasteiger partial charge on any atom is -0.394 e. The Morgan fingerprint density at radius 1 is 1.14 bits per heavy atom. The van der Waals surface area contributed by atoms with Crippen molar-refractivity contribution in [3.8, 4) is 0 Å². The van der Waals surface area contributed by atoms with E-state index in [1.54, 1.807) is 0 Å². The lowest BCUT2D eigenvalue weighted by Crippen LogP contribution is -2.49. The zero-order valence-electron chi connectivity index (χ0n) is 13.8. The van der Waals surface area contributed by atoms with Gasteiger partial charge in [0.15, 0.2) is 0 Å². The highest BCUT2D eigenvalue weighted by Crippen LogP contribution is 2.41. The number of rotatable bonds is 6. The van der Waals surface area contributed by atoms with E-state index in [1.807, 2.05) is 0 Å². The van der Waals surface area contributed by atoms with E-state index in [2.05, 4.69) is 17.1 Å². The molecule has 2 aliphatic carbocycles. The van der Waals surface area contributed by atoms with Crippen LogP contribution in [0.5, 0.6) is 0 Å². The molecule has 0 radical (unpaired) electrons. The second kappa shape index (κ2) is 6.97. The summed E-state index contributed by atoms with van der Waals surface area (Å²) in [6, 6.07) is 1.58. The quantitative estimate of drug-likeness (QED) is 0.790. The summed E-state index contributed by atoms with van der Waals surface area (Å²) >= 11 is 0. The van der Waals surface area contributed by atoms with Crippen molar-refractivity contribution < 1.29 is 5.11 Å². The van der Waals surface area contributed by atoms with Gasteiger partial charge in [0, 0.05) is 17.6 Å². The van der Waals surface area contributed by atoms with Crippen LogP contribution in [-0.4, -0.2) is 47.3 Å². The van der Waals surface area contributed by atoms with Crippen LogP contribution in [0.25, 0.3) is 0 Å². The van der Waals surface area contributed by atoms with Gasteiger partial charge in [-0.3, -0.25) is 4.90 Å². The normalized spacial score (nSPS) is 38.6. The van der Waals surface area contributed by atoms with Gasteiger partial charge in [-0.25, -0.2) is 0 Å². The topological polar surface area (TPSA) is 35.5 Å². The third-order valence-electron chi connectivity index (χ3n) is 6.39. The van der Waals surface area contributed by atoms with Crippen molar-refractivity contribution in [3.05, 3.63) is 0 Å². The lowest BCUT2D eigenvalue weighted by atomic mass is 9.94.